The van der Waals surface area contributed by atoms with E-state index >= 15 is 0 Å². The first-order valence-electron chi connectivity index (χ1n) is 9.42. The van der Waals surface area contributed by atoms with E-state index in [4.69, 9.17) is 4.98 Å². The van der Waals surface area contributed by atoms with Crippen molar-refractivity contribution in [1.29, 1.82) is 0 Å². The van der Waals surface area contributed by atoms with E-state index in [1.165, 1.54) is 9.13 Å². The van der Waals surface area contributed by atoms with Gasteiger partial charge in [-0.05, 0) is 103 Å². The highest BCUT2D eigenvalue weighted by molar-refractivity contribution is 14.1. The molecular weight excluding hydrogens is 463 g/mol. The van der Waals surface area contributed by atoms with Crippen molar-refractivity contribution < 1.29 is 4.79 Å². The average molecular weight is 484 g/mol. The van der Waals surface area contributed by atoms with Crippen LogP contribution in [0, 0.1) is 22.3 Å². The summed E-state index contributed by atoms with van der Waals surface area (Å²) in [4.78, 5) is 23.8. The number of pyridine rings is 1. The highest BCUT2D eigenvalue weighted by Crippen LogP contribution is 2.46. The van der Waals surface area contributed by atoms with E-state index in [9.17, 15) is 4.79 Å². The first-order chi connectivity index (χ1) is 13.5. The summed E-state index contributed by atoms with van der Waals surface area (Å²) in [5.74, 6) is 6.22. The first kappa shape index (κ1) is 18.9. The van der Waals surface area contributed by atoms with Crippen LogP contribution in [0.5, 0.6) is 0 Å². The molecular formula is C22H21IN4O. The van der Waals surface area contributed by atoms with E-state index in [2.05, 4.69) is 65.4 Å². The fourth-order valence-electron chi connectivity index (χ4n) is 3.41. The lowest BCUT2D eigenvalue weighted by atomic mass is 10.0. The van der Waals surface area contributed by atoms with Gasteiger partial charge >= 0.3 is 5.91 Å². The highest BCUT2D eigenvalue weighted by atomic mass is 127. The molecule has 1 amide bonds. The second-order valence-corrected chi connectivity index (χ2v) is 8.16. The van der Waals surface area contributed by atoms with Crippen LogP contribution in [0.2, 0.25) is 0 Å². The van der Waals surface area contributed by atoms with Crippen LogP contribution in [0.3, 0.4) is 0 Å². The molecule has 0 unspecified atom stereocenters. The zero-order chi connectivity index (χ0) is 19.8. The number of carbonyl (C=O) groups excluding carboxylic acids is 1. The molecule has 4 rings (SSSR count). The molecule has 1 aromatic carbocycles. The number of aryl methyl sites for hydroxylation is 2. The minimum absolute atomic E-state index is 0.271. The Kier molecular flexibility index (Phi) is 5.11. The van der Waals surface area contributed by atoms with Gasteiger partial charge in [-0.1, -0.05) is 5.92 Å². The summed E-state index contributed by atoms with van der Waals surface area (Å²) in [6.07, 6.45) is 4.09. The number of anilines is 2. The normalized spacial score (nSPS) is 13.3. The standard InChI is InChI=1S/C22H21IN4O/c1-4-6-21(28)27(19-11-14(3)17(23)12-16(19)15-7-8-15)20-10-9-18-22(25-20)24-13-26(18)5-2/h9-13,15H,5,7-8H2,1-3H3. The second kappa shape index (κ2) is 7.55. The minimum Gasteiger partial charge on any atom is -0.330 e. The van der Waals surface area contributed by atoms with Crippen molar-refractivity contribution in [2.24, 2.45) is 0 Å². The summed E-state index contributed by atoms with van der Waals surface area (Å²) in [6, 6.07) is 8.15. The van der Waals surface area contributed by atoms with Crippen LogP contribution in [0.4, 0.5) is 11.5 Å². The Morgan fingerprint density at radius 2 is 2.14 bits per heavy atom. The van der Waals surface area contributed by atoms with Gasteiger partial charge < -0.3 is 4.57 Å². The Morgan fingerprint density at radius 3 is 2.82 bits per heavy atom. The second-order valence-electron chi connectivity index (χ2n) is 6.99. The van der Waals surface area contributed by atoms with E-state index in [0.717, 1.165) is 36.2 Å². The largest absolute Gasteiger partial charge is 0.330 e. The van der Waals surface area contributed by atoms with Gasteiger partial charge in [-0.15, -0.1) is 0 Å². The van der Waals surface area contributed by atoms with Gasteiger partial charge in [-0.25, -0.2) is 9.97 Å². The number of hydrogen-bond acceptors (Lipinski definition) is 3. The van der Waals surface area contributed by atoms with Crippen molar-refractivity contribution in [1.82, 2.24) is 14.5 Å². The lowest BCUT2D eigenvalue weighted by molar-refractivity contribution is -0.112. The number of fused-ring (bicyclic) bond motifs is 1. The smallest absolute Gasteiger partial charge is 0.308 e. The Labute approximate surface area is 178 Å². The summed E-state index contributed by atoms with van der Waals surface area (Å²) in [6.45, 7) is 6.63. The number of carbonyl (C=O) groups is 1. The van der Waals surface area contributed by atoms with Crippen LogP contribution in [0.1, 0.15) is 43.7 Å². The predicted molar refractivity (Wildman–Crippen MR) is 120 cm³/mol. The molecule has 1 aliphatic rings. The van der Waals surface area contributed by atoms with Gasteiger partial charge in [0.05, 0.1) is 17.5 Å². The number of benzene rings is 1. The summed E-state index contributed by atoms with van der Waals surface area (Å²) < 4.78 is 3.25. The van der Waals surface area contributed by atoms with Gasteiger partial charge in [0.15, 0.2) is 5.65 Å². The van der Waals surface area contributed by atoms with Crippen molar-refractivity contribution in [3.8, 4) is 11.8 Å². The molecule has 5 nitrogen and oxygen atoms in total. The molecule has 0 atom stereocenters. The summed E-state index contributed by atoms with van der Waals surface area (Å²) in [5.41, 5.74) is 4.81. The molecule has 6 heteroatoms. The van der Waals surface area contributed by atoms with Crippen LogP contribution in [-0.2, 0) is 11.3 Å². The monoisotopic (exact) mass is 484 g/mol. The van der Waals surface area contributed by atoms with Crippen LogP contribution in [0.15, 0.2) is 30.6 Å². The Balaban J connectivity index is 1.91. The Bertz CT molecular complexity index is 1130. The molecule has 0 saturated heterocycles. The molecule has 2 aromatic heterocycles. The van der Waals surface area contributed by atoms with Crippen molar-refractivity contribution in [3.05, 3.63) is 45.3 Å². The Hall–Kier alpha value is -2.40. The van der Waals surface area contributed by atoms with Gasteiger partial charge in [0.2, 0.25) is 0 Å². The molecule has 0 N–H and O–H groups in total. The quantitative estimate of drug-likeness (QED) is 0.390. The molecule has 0 spiro atoms. The van der Waals surface area contributed by atoms with E-state index in [1.54, 1.807) is 18.2 Å². The third kappa shape index (κ3) is 3.39. The van der Waals surface area contributed by atoms with Gasteiger partial charge in [-0.2, -0.15) is 0 Å². The maximum absolute atomic E-state index is 13.0. The minimum atomic E-state index is -0.271. The lowest BCUT2D eigenvalue weighted by Gasteiger charge is -2.23. The van der Waals surface area contributed by atoms with Gasteiger partial charge in [0.1, 0.15) is 5.82 Å². The van der Waals surface area contributed by atoms with Crippen LogP contribution >= 0.6 is 22.6 Å². The number of aromatic nitrogens is 3. The summed E-state index contributed by atoms with van der Waals surface area (Å²) in [5, 5.41) is 0. The molecule has 1 aliphatic carbocycles. The van der Waals surface area contributed by atoms with E-state index in [0.29, 0.717) is 17.4 Å². The predicted octanol–water partition coefficient (Wildman–Crippen LogP) is 4.93. The van der Waals surface area contributed by atoms with E-state index < -0.39 is 0 Å². The molecule has 0 radical (unpaired) electrons. The molecule has 0 aliphatic heterocycles. The molecule has 28 heavy (non-hydrogen) atoms. The number of hydrogen-bond donors (Lipinski definition) is 0. The van der Waals surface area contributed by atoms with Gasteiger partial charge in [-0.3, -0.25) is 9.69 Å². The Morgan fingerprint density at radius 1 is 1.36 bits per heavy atom. The third-order valence-electron chi connectivity index (χ3n) is 5.04. The fourth-order valence-corrected chi connectivity index (χ4v) is 3.90. The van der Waals surface area contributed by atoms with Crippen molar-refractivity contribution in [2.75, 3.05) is 4.90 Å². The number of amides is 1. The molecule has 1 fully saturated rings. The molecule has 142 valence electrons. The van der Waals surface area contributed by atoms with Crippen molar-refractivity contribution in [3.63, 3.8) is 0 Å². The van der Waals surface area contributed by atoms with Gasteiger partial charge in [0.25, 0.3) is 0 Å². The molecule has 0 bridgehead atoms. The zero-order valence-corrected chi connectivity index (χ0v) is 18.3. The van der Waals surface area contributed by atoms with E-state index in [1.807, 2.05) is 16.7 Å². The number of halogens is 1. The average Bonchev–Trinajstić information content (AvgIpc) is 3.44. The van der Waals surface area contributed by atoms with Crippen LogP contribution in [0.25, 0.3) is 11.2 Å². The maximum atomic E-state index is 13.0. The molecule has 2 heterocycles. The topological polar surface area (TPSA) is 51.0 Å². The van der Waals surface area contributed by atoms with Crippen LogP contribution < -0.4 is 4.90 Å². The summed E-state index contributed by atoms with van der Waals surface area (Å²) >= 11 is 2.36. The zero-order valence-electron chi connectivity index (χ0n) is 16.2. The number of rotatable bonds is 4. The number of imidazole rings is 1. The van der Waals surface area contributed by atoms with Crippen molar-refractivity contribution >= 4 is 51.2 Å². The lowest BCUT2D eigenvalue weighted by Crippen LogP contribution is -2.26. The first-order valence-corrected chi connectivity index (χ1v) is 10.5. The van der Waals surface area contributed by atoms with Crippen LogP contribution in [-0.4, -0.2) is 20.4 Å². The van der Waals surface area contributed by atoms with E-state index in [-0.39, 0.29) is 5.91 Å². The van der Waals surface area contributed by atoms with Crippen molar-refractivity contribution in [2.45, 2.75) is 46.1 Å². The third-order valence-corrected chi connectivity index (χ3v) is 6.20. The van der Waals surface area contributed by atoms with Gasteiger partial charge in [0, 0.05) is 10.1 Å². The highest BCUT2D eigenvalue weighted by Gasteiger charge is 2.31. The molecule has 3 aromatic rings. The maximum Gasteiger partial charge on any atom is 0.308 e. The summed E-state index contributed by atoms with van der Waals surface area (Å²) in [7, 11) is 0. The fraction of sp³-hybridized carbons (Fsp3) is 0.318. The SMILES string of the molecule is CC#CC(=O)N(c1ccc2c(ncn2CC)n1)c1cc(C)c(I)cc1C1CC1. The molecule has 1 saturated carbocycles. The number of nitrogens with zero attached hydrogens (tertiary/aromatic N) is 4.